The van der Waals surface area contributed by atoms with E-state index in [-0.39, 0.29) is 25.3 Å². The fraction of sp³-hybridized carbons (Fsp3) is 0.345. The molecule has 0 spiro atoms. The highest BCUT2D eigenvalue weighted by atomic mass is 16.6. The molecular formula is C29H33N3O5. The van der Waals surface area contributed by atoms with Gasteiger partial charge in [0.15, 0.2) is 0 Å². The van der Waals surface area contributed by atoms with E-state index in [1.807, 2.05) is 81.4 Å². The maximum Gasteiger partial charge on any atom is 0.410 e. The predicted molar refractivity (Wildman–Crippen MR) is 140 cm³/mol. The molecule has 1 N–H and O–H groups in total. The SMILES string of the molecule is CC(C)(C)N(Cc1cccc(-c2cncc(OCC3CCN3C(=O)OCc3ccccc3)c2)c1)C(=O)O. The van der Waals surface area contributed by atoms with Crippen molar-refractivity contribution in [3.05, 3.63) is 84.2 Å². The van der Waals surface area contributed by atoms with Gasteiger partial charge < -0.3 is 19.5 Å². The Morgan fingerprint density at radius 2 is 1.78 bits per heavy atom. The molecule has 0 bridgehead atoms. The molecule has 1 aliphatic heterocycles. The zero-order valence-corrected chi connectivity index (χ0v) is 21.5. The van der Waals surface area contributed by atoms with E-state index in [1.54, 1.807) is 17.3 Å². The van der Waals surface area contributed by atoms with Crippen molar-refractivity contribution in [3.8, 4) is 16.9 Å². The molecule has 194 valence electrons. The minimum absolute atomic E-state index is 0.0466. The van der Waals surface area contributed by atoms with Crippen molar-refractivity contribution >= 4 is 12.2 Å². The van der Waals surface area contributed by atoms with Gasteiger partial charge in [-0.1, -0.05) is 48.5 Å². The highest BCUT2D eigenvalue weighted by Gasteiger charge is 2.34. The monoisotopic (exact) mass is 503 g/mol. The van der Waals surface area contributed by atoms with Crippen molar-refractivity contribution < 1.29 is 24.2 Å². The number of benzene rings is 2. The van der Waals surface area contributed by atoms with Gasteiger partial charge in [-0.2, -0.15) is 0 Å². The van der Waals surface area contributed by atoms with Gasteiger partial charge in [-0.15, -0.1) is 0 Å². The molecule has 2 amide bonds. The van der Waals surface area contributed by atoms with Crippen LogP contribution in [-0.2, 0) is 17.9 Å². The fourth-order valence-electron chi connectivity index (χ4n) is 4.13. The van der Waals surface area contributed by atoms with Gasteiger partial charge in [0.2, 0.25) is 0 Å². The number of pyridine rings is 1. The van der Waals surface area contributed by atoms with Gasteiger partial charge in [0.05, 0.1) is 12.2 Å². The lowest BCUT2D eigenvalue weighted by atomic mass is 10.0. The van der Waals surface area contributed by atoms with Crippen LogP contribution in [0, 0.1) is 0 Å². The molecule has 37 heavy (non-hydrogen) atoms. The molecular weight excluding hydrogens is 470 g/mol. The number of hydrogen-bond donors (Lipinski definition) is 1. The summed E-state index contributed by atoms with van der Waals surface area (Å²) < 4.78 is 11.4. The summed E-state index contributed by atoms with van der Waals surface area (Å²) in [5, 5.41) is 9.62. The zero-order chi connectivity index (χ0) is 26.4. The number of carbonyl (C=O) groups is 2. The lowest BCUT2D eigenvalue weighted by Crippen LogP contribution is -2.54. The largest absolute Gasteiger partial charge is 0.490 e. The molecule has 8 heteroatoms. The number of carbonyl (C=O) groups excluding carboxylic acids is 1. The summed E-state index contributed by atoms with van der Waals surface area (Å²) in [4.78, 5) is 31.6. The van der Waals surface area contributed by atoms with Gasteiger partial charge >= 0.3 is 12.2 Å². The molecule has 0 radical (unpaired) electrons. The van der Waals surface area contributed by atoms with E-state index in [9.17, 15) is 14.7 Å². The first-order chi connectivity index (χ1) is 17.7. The lowest BCUT2D eigenvalue weighted by Gasteiger charge is -2.39. The van der Waals surface area contributed by atoms with Crippen LogP contribution < -0.4 is 4.74 Å². The first-order valence-corrected chi connectivity index (χ1v) is 12.4. The van der Waals surface area contributed by atoms with E-state index in [2.05, 4.69) is 4.98 Å². The molecule has 0 saturated carbocycles. The molecule has 0 aliphatic carbocycles. The molecule has 1 aromatic heterocycles. The van der Waals surface area contributed by atoms with Crippen LogP contribution in [0.1, 0.15) is 38.3 Å². The number of amides is 2. The highest BCUT2D eigenvalue weighted by molar-refractivity contribution is 5.69. The van der Waals surface area contributed by atoms with E-state index >= 15 is 0 Å². The second-order valence-electron chi connectivity index (χ2n) is 10.1. The summed E-state index contributed by atoms with van der Waals surface area (Å²) >= 11 is 0. The zero-order valence-electron chi connectivity index (χ0n) is 21.5. The molecule has 1 aliphatic rings. The quantitative estimate of drug-likeness (QED) is 0.417. The molecule has 1 atom stereocenters. The third-order valence-electron chi connectivity index (χ3n) is 6.38. The Balaban J connectivity index is 1.35. The predicted octanol–water partition coefficient (Wildman–Crippen LogP) is 5.82. The molecule has 3 aromatic rings. The van der Waals surface area contributed by atoms with Gasteiger partial charge in [0, 0.05) is 30.4 Å². The molecule has 4 rings (SSSR count). The number of carboxylic acid groups (broad SMARTS) is 1. The molecule has 1 fully saturated rings. The molecule has 8 nitrogen and oxygen atoms in total. The normalized spacial score (nSPS) is 15.0. The summed E-state index contributed by atoms with van der Waals surface area (Å²) in [5.74, 6) is 0.606. The van der Waals surface area contributed by atoms with Crippen molar-refractivity contribution in [2.24, 2.45) is 0 Å². The number of likely N-dealkylation sites (tertiary alicyclic amines) is 1. The van der Waals surface area contributed by atoms with Crippen LogP contribution >= 0.6 is 0 Å². The minimum Gasteiger partial charge on any atom is -0.490 e. The van der Waals surface area contributed by atoms with E-state index in [0.717, 1.165) is 28.7 Å². The van der Waals surface area contributed by atoms with Crippen LogP contribution in [0.25, 0.3) is 11.1 Å². The van der Waals surface area contributed by atoms with Gasteiger partial charge in [0.1, 0.15) is 19.0 Å². The molecule has 2 aromatic carbocycles. The van der Waals surface area contributed by atoms with E-state index in [0.29, 0.717) is 18.9 Å². The van der Waals surface area contributed by atoms with Gasteiger partial charge in [-0.3, -0.25) is 9.88 Å². The first kappa shape index (κ1) is 26.0. The second kappa shape index (κ2) is 11.3. The minimum atomic E-state index is -0.955. The van der Waals surface area contributed by atoms with Crippen molar-refractivity contribution in [1.82, 2.24) is 14.8 Å². The lowest BCUT2D eigenvalue weighted by molar-refractivity contribution is 0.0259. The molecule has 1 saturated heterocycles. The van der Waals surface area contributed by atoms with Crippen molar-refractivity contribution in [1.29, 1.82) is 0 Å². The van der Waals surface area contributed by atoms with Gasteiger partial charge in [0.25, 0.3) is 0 Å². The Labute approximate surface area is 217 Å². The van der Waals surface area contributed by atoms with Crippen molar-refractivity contribution in [3.63, 3.8) is 0 Å². The van der Waals surface area contributed by atoms with Crippen molar-refractivity contribution in [2.75, 3.05) is 13.2 Å². The van der Waals surface area contributed by atoms with Crippen LogP contribution in [0.5, 0.6) is 5.75 Å². The molecule has 2 heterocycles. The Hall–Kier alpha value is -4.07. The smallest absolute Gasteiger partial charge is 0.410 e. The second-order valence-corrected chi connectivity index (χ2v) is 10.1. The number of ether oxygens (including phenoxy) is 2. The average Bonchev–Trinajstić information content (AvgIpc) is 2.85. The summed E-state index contributed by atoms with van der Waals surface area (Å²) in [6.45, 7) is 7.16. The Morgan fingerprint density at radius 1 is 1.03 bits per heavy atom. The van der Waals surface area contributed by atoms with Crippen LogP contribution in [0.3, 0.4) is 0 Å². The third kappa shape index (κ3) is 6.78. The van der Waals surface area contributed by atoms with Gasteiger partial charge in [-0.05, 0) is 56.0 Å². The van der Waals surface area contributed by atoms with E-state index < -0.39 is 11.6 Å². The van der Waals surface area contributed by atoms with Crippen molar-refractivity contribution in [2.45, 2.75) is 51.9 Å². The Bertz CT molecular complexity index is 1230. The number of nitrogens with zero attached hydrogens (tertiary/aromatic N) is 3. The summed E-state index contributed by atoms with van der Waals surface area (Å²) in [6.07, 6.45) is 2.96. The van der Waals surface area contributed by atoms with Crippen LogP contribution in [0.4, 0.5) is 9.59 Å². The van der Waals surface area contributed by atoms with Crippen LogP contribution in [0.15, 0.2) is 73.1 Å². The van der Waals surface area contributed by atoms with Gasteiger partial charge in [-0.25, -0.2) is 9.59 Å². The fourth-order valence-corrected chi connectivity index (χ4v) is 4.13. The number of aromatic nitrogens is 1. The first-order valence-electron chi connectivity index (χ1n) is 12.4. The summed E-state index contributed by atoms with van der Waals surface area (Å²) in [6, 6.07) is 19.2. The summed E-state index contributed by atoms with van der Waals surface area (Å²) in [5.41, 5.74) is 3.11. The standard InChI is InChI=1S/C29H33N3O5/c1-29(2,3)32(27(33)34)18-22-10-7-11-23(14-22)24-15-26(17-30-16-24)36-20-25-12-13-31(25)28(35)37-19-21-8-5-4-6-9-21/h4-11,14-17,25H,12-13,18-20H2,1-3H3,(H,33,34). The highest BCUT2D eigenvalue weighted by Crippen LogP contribution is 2.27. The number of hydrogen-bond acceptors (Lipinski definition) is 5. The third-order valence-corrected chi connectivity index (χ3v) is 6.38. The number of rotatable bonds is 8. The Morgan fingerprint density at radius 3 is 2.46 bits per heavy atom. The maximum absolute atomic E-state index is 12.5. The summed E-state index contributed by atoms with van der Waals surface area (Å²) in [7, 11) is 0. The van der Waals surface area contributed by atoms with E-state index in [4.69, 9.17) is 9.47 Å². The Kier molecular flexibility index (Phi) is 7.96. The van der Waals surface area contributed by atoms with Crippen LogP contribution in [0.2, 0.25) is 0 Å². The van der Waals surface area contributed by atoms with Crippen LogP contribution in [-0.4, -0.2) is 56.8 Å². The maximum atomic E-state index is 12.5. The topological polar surface area (TPSA) is 92.2 Å². The van der Waals surface area contributed by atoms with E-state index in [1.165, 1.54) is 4.90 Å². The molecule has 1 unspecified atom stereocenters. The average molecular weight is 504 g/mol.